The molecule has 0 spiro atoms. The standard InChI is InChI=1S/C11H10N4O2S/c12-9-10(13-11(17)15-14-9)18-6-8(16)7-4-2-1-3-5-7/h1-5H,6H2,(H2,12,14)(H,13,15,17). The van der Waals surface area contributed by atoms with Crippen molar-refractivity contribution in [1.29, 1.82) is 0 Å². The van der Waals surface area contributed by atoms with Gasteiger partial charge in [-0.05, 0) is 0 Å². The van der Waals surface area contributed by atoms with Gasteiger partial charge < -0.3 is 5.73 Å². The predicted molar refractivity (Wildman–Crippen MR) is 68.6 cm³/mol. The van der Waals surface area contributed by atoms with Crippen molar-refractivity contribution < 1.29 is 4.79 Å². The van der Waals surface area contributed by atoms with Gasteiger partial charge in [-0.15, -0.1) is 0 Å². The Morgan fingerprint density at radius 3 is 2.78 bits per heavy atom. The molecule has 3 N–H and O–H groups in total. The molecule has 0 atom stereocenters. The van der Waals surface area contributed by atoms with Gasteiger partial charge >= 0.3 is 5.69 Å². The van der Waals surface area contributed by atoms with Crippen molar-refractivity contribution in [3.8, 4) is 0 Å². The summed E-state index contributed by atoms with van der Waals surface area (Å²) in [5.74, 6) is 0.217. The van der Waals surface area contributed by atoms with Crippen molar-refractivity contribution in [1.82, 2.24) is 15.2 Å². The normalized spacial score (nSPS) is 10.2. The lowest BCUT2D eigenvalue weighted by Gasteiger charge is -2.02. The third kappa shape index (κ3) is 2.95. The highest BCUT2D eigenvalue weighted by Gasteiger charge is 2.09. The number of hydrogen-bond acceptors (Lipinski definition) is 6. The number of thioether (sulfide) groups is 1. The van der Waals surface area contributed by atoms with E-state index in [0.717, 1.165) is 11.8 Å². The van der Waals surface area contributed by atoms with Gasteiger partial charge in [-0.25, -0.2) is 9.89 Å². The number of nitrogens with zero attached hydrogens (tertiary/aromatic N) is 2. The minimum absolute atomic E-state index is 0.0536. The molecule has 0 aliphatic carbocycles. The molecule has 2 rings (SSSR count). The fraction of sp³-hybridized carbons (Fsp3) is 0.0909. The SMILES string of the molecule is Nc1n[nH]c(=O)nc1SCC(=O)c1ccccc1. The van der Waals surface area contributed by atoms with Crippen LogP contribution in [0.25, 0.3) is 0 Å². The zero-order valence-electron chi connectivity index (χ0n) is 9.29. The number of benzene rings is 1. The summed E-state index contributed by atoms with van der Waals surface area (Å²) in [4.78, 5) is 26.4. The molecule has 0 unspecified atom stereocenters. The number of ketones is 1. The minimum Gasteiger partial charge on any atom is -0.380 e. The van der Waals surface area contributed by atoms with E-state index >= 15 is 0 Å². The topological polar surface area (TPSA) is 102 Å². The third-order valence-corrected chi connectivity index (χ3v) is 3.11. The van der Waals surface area contributed by atoms with Gasteiger partial charge in [0, 0.05) is 5.56 Å². The Balaban J connectivity index is 2.06. The first-order valence-electron chi connectivity index (χ1n) is 5.10. The first-order chi connectivity index (χ1) is 8.66. The zero-order valence-corrected chi connectivity index (χ0v) is 10.1. The van der Waals surface area contributed by atoms with E-state index < -0.39 is 5.69 Å². The lowest BCUT2D eigenvalue weighted by atomic mass is 10.2. The van der Waals surface area contributed by atoms with Crippen LogP contribution in [0.15, 0.2) is 40.2 Å². The van der Waals surface area contributed by atoms with E-state index in [-0.39, 0.29) is 22.4 Å². The van der Waals surface area contributed by atoms with Crippen LogP contribution in [0.5, 0.6) is 0 Å². The molecule has 92 valence electrons. The van der Waals surface area contributed by atoms with E-state index in [1.807, 2.05) is 6.07 Å². The van der Waals surface area contributed by atoms with E-state index in [4.69, 9.17) is 5.73 Å². The van der Waals surface area contributed by atoms with Crippen LogP contribution in [0.3, 0.4) is 0 Å². The first-order valence-corrected chi connectivity index (χ1v) is 6.08. The fourth-order valence-electron chi connectivity index (χ4n) is 1.28. The van der Waals surface area contributed by atoms with Gasteiger partial charge in [0.2, 0.25) is 0 Å². The van der Waals surface area contributed by atoms with Gasteiger partial charge in [0.15, 0.2) is 11.6 Å². The van der Waals surface area contributed by atoms with Crippen LogP contribution in [0.4, 0.5) is 5.82 Å². The highest BCUT2D eigenvalue weighted by atomic mass is 32.2. The molecule has 0 saturated heterocycles. The lowest BCUT2D eigenvalue weighted by Crippen LogP contribution is -2.15. The molecular weight excluding hydrogens is 252 g/mol. The Hall–Kier alpha value is -2.15. The molecule has 0 fully saturated rings. The largest absolute Gasteiger partial charge is 0.380 e. The summed E-state index contributed by atoms with van der Waals surface area (Å²) in [7, 11) is 0. The number of hydrogen-bond donors (Lipinski definition) is 2. The van der Waals surface area contributed by atoms with E-state index in [1.54, 1.807) is 24.3 Å². The molecule has 1 aromatic heterocycles. The van der Waals surface area contributed by atoms with Crippen LogP contribution in [-0.4, -0.2) is 26.7 Å². The van der Waals surface area contributed by atoms with Crippen molar-refractivity contribution >= 4 is 23.4 Å². The lowest BCUT2D eigenvalue weighted by molar-refractivity contribution is 0.102. The summed E-state index contributed by atoms with van der Waals surface area (Å²) in [6, 6.07) is 8.88. The van der Waals surface area contributed by atoms with Gasteiger partial charge in [0.05, 0.1) is 5.75 Å². The molecule has 1 heterocycles. The summed E-state index contributed by atoms with van der Waals surface area (Å²) < 4.78 is 0. The van der Waals surface area contributed by atoms with Crippen molar-refractivity contribution in [3.05, 3.63) is 46.4 Å². The monoisotopic (exact) mass is 262 g/mol. The highest BCUT2D eigenvalue weighted by molar-refractivity contribution is 8.00. The average molecular weight is 262 g/mol. The van der Waals surface area contributed by atoms with Gasteiger partial charge in [0.1, 0.15) is 5.03 Å². The Bertz CT molecular complexity index is 612. The maximum Gasteiger partial charge on any atom is 0.362 e. The van der Waals surface area contributed by atoms with Crippen molar-refractivity contribution in [2.24, 2.45) is 0 Å². The molecule has 0 radical (unpaired) electrons. The number of carbonyl (C=O) groups excluding carboxylic acids is 1. The summed E-state index contributed by atoms with van der Waals surface area (Å²) in [6.07, 6.45) is 0. The van der Waals surface area contributed by atoms with Gasteiger partial charge in [-0.3, -0.25) is 4.79 Å². The van der Waals surface area contributed by atoms with Crippen LogP contribution < -0.4 is 11.4 Å². The molecule has 18 heavy (non-hydrogen) atoms. The fourth-order valence-corrected chi connectivity index (χ4v) is 2.05. The second-order valence-electron chi connectivity index (χ2n) is 3.41. The van der Waals surface area contributed by atoms with Crippen LogP contribution in [-0.2, 0) is 0 Å². The molecule has 6 nitrogen and oxygen atoms in total. The number of Topliss-reactive ketones (excluding diaryl/α,β-unsaturated/α-hetero) is 1. The predicted octanol–water partition coefficient (Wildman–Crippen LogP) is 0.722. The molecule has 0 bridgehead atoms. The number of aromatic nitrogens is 3. The number of carbonyl (C=O) groups is 1. The van der Waals surface area contributed by atoms with Gasteiger partial charge in [0.25, 0.3) is 0 Å². The van der Waals surface area contributed by atoms with Gasteiger partial charge in [-0.1, -0.05) is 42.1 Å². The molecule has 1 aromatic carbocycles. The van der Waals surface area contributed by atoms with E-state index in [0.29, 0.717) is 5.56 Å². The molecule has 0 aliphatic heterocycles. The second-order valence-corrected chi connectivity index (χ2v) is 4.37. The maximum absolute atomic E-state index is 11.8. The summed E-state index contributed by atoms with van der Waals surface area (Å²) >= 11 is 1.10. The number of H-pyrrole nitrogens is 1. The number of nitrogen functional groups attached to an aromatic ring is 1. The molecular formula is C11H10N4O2S. The summed E-state index contributed by atoms with van der Waals surface area (Å²) in [5, 5.41) is 5.96. The zero-order chi connectivity index (χ0) is 13.0. The highest BCUT2D eigenvalue weighted by Crippen LogP contribution is 2.19. The Labute approximate surface area is 107 Å². The summed E-state index contributed by atoms with van der Waals surface area (Å²) in [6.45, 7) is 0. The minimum atomic E-state index is -0.584. The second kappa shape index (κ2) is 5.46. The van der Waals surface area contributed by atoms with Crippen molar-refractivity contribution in [2.45, 2.75) is 5.03 Å². The van der Waals surface area contributed by atoms with Crippen molar-refractivity contribution in [2.75, 3.05) is 11.5 Å². The summed E-state index contributed by atoms with van der Waals surface area (Å²) in [5.41, 5.74) is 5.57. The van der Waals surface area contributed by atoms with E-state index in [9.17, 15) is 9.59 Å². The number of aromatic amines is 1. The van der Waals surface area contributed by atoms with Crippen LogP contribution in [0.1, 0.15) is 10.4 Å². The Morgan fingerprint density at radius 2 is 2.06 bits per heavy atom. The molecule has 0 saturated carbocycles. The molecule has 2 aromatic rings. The number of rotatable bonds is 4. The number of nitrogens with two attached hydrogens (primary N) is 1. The van der Waals surface area contributed by atoms with E-state index in [2.05, 4.69) is 15.2 Å². The van der Waals surface area contributed by atoms with Crippen LogP contribution in [0, 0.1) is 0 Å². The third-order valence-electron chi connectivity index (χ3n) is 2.13. The van der Waals surface area contributed by atoms with Crippen LogP contribution in [0.2, 0.25) is 0 Å². The molecule has 0 aliphatic rings. The average Bonchev–Trinajstić information content (AvgIpc) is 2.40. The number of anilines is 1. The quantitative estimate of drug-likeness (QED) is 0.622. The molecule has 0 amide bonds. The Morgan fingerprint density at radius 1 is 1.33 bits per heavy atom. The first kappa shape index (κ1) is 12.3. The molecule has 7 heteroatoms. The van der Waals surface area contributed by atoms with Crippen LogP contribution >= 0.6 is 11.8 Å². The maximum atomic E-state index is 11.8. The van der Waals surface area contributed by atoms with Gasteiger partial charge in [-0.2, -0.15) is 10.1 Å². The smallest absolute Gasteiger partial charge is 0.362 e. The number of nitrogens with one attached hydrogen (secondary N) is 1. The van der Waals surface area contributed by atoms with Crippen molar-refractivity contribution in [3.63, 3.8) is 0 Å². The Kier molecular flexibility index (Phi) is 3.73. The van der Waals surface area contributed by atoms with E-state index in [1.165, 1.54) is 0 Å².